The minimum Gasteiger partial charge on any atom is -0.493 e. The van der Waals surface area contributed by atoms with Crippen molar-refractivity contribution in [3.05, 3.63) is 116 Å². The molecule has 15 atom stereocenters. The molecule has 0 amide bonds. The van der Waals surface area contributed by atoms with Gasteiger partial charge in [0, 0.05) is 180 Å². The van der Waals surface area contributed by atoms with Crippen molar-refractivity contribution in [3.63, 3.8) is 0 Å². The van der Waals surface area contributed by atoms with E-state index in [0.29, 0.717) is 32.6 Å². The Morgan fingerprint density at radius 1 is 0.328 bits per heavy atom. The number of fused-ring (bicyclic) bond motifs is 15. The van der Waals surface area contributed by atoms with Crippen molar-refractivity contribution in [3.8, 4) is 57.5 Å². The van der Waals surface area contributed by atoms with Crippen molar-refractivity contribution < 1.29 is 196 Å². The average Bonchev–Trinajstić information content (AvgIpc) is 0.677. The van der Waals surface area contributed by atoms with Crippen LogP contribution < -0.4 is 47.4 Å². The van der Waals surface area contributed by atoms with Gasteiger partial charge in [0.2, 0.25) is 0 Å². The Bertz CT molecular complexity index is 8250. The van der Waals surface area contributed by atoms with Crippen molar-refractivity contribution in [2.45, 2.75) is 253 Å². The Morgan fingerprint density at radius 3 is 0.706 bits per heavy atom. The lowest BCUT2D eigenvalue weighted by Gasteiger charge is -2.47. The van der Waals surface area contributed by atoms with Gasteiger partial charge in [-0.05, 0) is 269 Å². The molecule has 0 aromatic heterocycles. The zero-order chi connectivity index (χ0) is 164. The van der Waals surface area contributed by atoms with Gasteiger partial charge in [0.15, 0.2) is 57.5 Å². The molecule has 10 heterocycles. The number of aliphatic hydroxyl groups excluding tert-OH is 5. The second-order valence-electron chi connectivity index (χ2n) is 29.4. The van der Waals surface area contributed by atoms with Crippen LogP contribution in [0.4, 0.5) is 0 Å². The SMILES string of the molecule is [2H]c1c(OC([2H])([2H])[2H])c(OC([2H])([2H])[2H])c([2H])c2c1C1CC(O)C(C([2H])([2H])C(C)(C([2H])([2H])[2H])C([2H])([2H])[2H])C([2H])([2H])N1C([2H])([2H])C2([2H])[2H].[2H]c1c(OC([2H])([2H])[2H])c(OC([2H])([2H])[2H])c([2H])c2c1C1CC(O)C(CC(C)C)C([2H])([2H])N1C([2H])([2H])C2([2H])[2H].[2H]c1c(OC([2H])([2H])[2H])c(OC)c([2H])c2c1C1CC(O)C(C([2H])([2H])C(C)(C([2H])([2H])[2H])C([2H])([2H])[2H])C([2H])([2H])N1C([2H])([2H])C2([2H])[2H].[2H]c1c(OC)c(OC([2H])([2H])[2H])c([2H])c2c1C1CC(O)C(C([2H])([2H])C(C)(C([2H])([2H])[2H])C([2H])([2H])[2H])C([2H])([2H])N1C([2H])([2H])C2([2H])[2H].[2H]c1c(OC)c(OC)c([2H])c2c1C1CC(O)C(C([2H])([2H])C(C)(C([2H])([2H])[2H])C([2H])([2H])[2H])C([2H])([2H])N1C([2H])([2H])C2([2H])[2H]. The van der Waals surface area contributed by atoms with Gasteiger partial charge in [0.1, 0.15) is 0 Å². The first kappa shape index (κ1) is 31.1. The fourth-order valence-corrected chi connectivity index (χ4v) is 14.0. The van der Waals surface area contributed by atoms with Crippen molar-refractivity contribution in [1.82, 2.24) is 24.5 Å². The summed E-state index contributed by atoms with van der Waals surface area (Å²) in [5.74, 6) is -20.2. The lowest BCUT2D eigenvalue weighted by Crippen LogP contribution is -2.48. The number of hydrogen-bond acceptors (Lipinski definition) is 20. The van der Waals surface area contributed by atoms with Crippen LogP contribution in [-0.2, 0) is 31.9 Å². The van der Waals surface area contributed by atoms with E-state index in [1.807, 2.05) is 0 Å². The van der Waals surface area contributed by atoms with Gasteiger partial charge in [0.25, 0.3) is 0 Å². The van der Waals surface area contributed by atoms with E-state index in [1.165, 1.54) is 0 Å². The summed E-state index contributed by atoms with van der Waals surface area (Å²) in [5, 5.41) is 56.0. The smallest absolute Gasteiger partial charge is 0.161 e. The Morgan fingerprint density at radius 2 is 0.513 bits per heavy atom. The van der Waals surface area contributed by atoms with Gasteiger partial charge in [-0.1, -0.05) is 96.4 Å². The third-order valence-corrected chi connectivity index (χ3v) is 19.2. The van der Waals surface area contributed by atoms with Gasteiger partial charge >= 0.3 is 0 Å². The molecule has 5 N–H and O–H groups in total. The standard InChI is InChI=1S/4C20H31NO3.C19H29NO3/c4*1-20(2,3)11-14-12-21-7-6-13-8-18(23-4)19(24-5)9-15(13)16(21)10-17(14)22;1-12(2)7-14-11-20-6-5-13-8-18(22-3)19(23-4)9-15(13)16(20)10-17(14)21/h4*8-9,14,16-17,22H,6-7,10-12H2,1-5H3;8-9,12,14,16-17,21H,5-7,10-11H2,1-4H3/i1D3,2D3,4D3,5D3,6D2,7D2,8D,9D,11D2,12D2;1D3,2D3,5D3,6D2,7D2,8D,9D,11D2,12D2;1D3,2D3,4D3,6D2,7D2,8D,9D,11D2,12D2;1D3,2D3,6D2,7D2,8D,9D,11D2,12D2;3D3,4D3,5D2,6D2,8D,9D,11D2. The number of nitrogens with zero attached hydrogens (tertiary/aromatic N) is 5. The third kappa shape index (κ3) is 22.8. The molecule has 10 aliphatic heterocycles. The molecular weight excluding hydrogens is 1500 g/mol. The van der Waals surface area contributed by atoms with Crippen LogP contribution >= 0.6 is 0 Å². The molecule has 119 heavy (non-hydrogen) atoms. The van der Waals surface area contributed by atoms with Crippen LogP contribution in [0.5, 0.6) is 57.5 Å². The summed E-state index contributed by atoms with van der Waals surface area (Å²) in [6.07, 6.45) is -45.6. The first-order valence-electron chi connectivity index (χ1n) is 81.5. The number of aliphatic hydroxyl groups is 5. The van der Waals surface area contributed by atoms with Crippen LogP contribution in [0.15, 0.2) is 60.4 Å². The molecule has 0 radical (unpaired) electrons. The summed E-state index contributed by atoms with van der Waals surface area (Å²) in [6.45, 7) is -57.2. The Kier molecular flexibility index (Phi) is 10.4. The van der Waals surface area contributed by atoms with Gasteiger partial charge in [-0.3, -0.25) is 24.5 Å². The summed E-state index contributed by atoms with van der Waals surface area (Å²) < 4.78 is 792. The molecule has 5 fully saturated rings. The van der Waals surface area contributed by atoms with Crippen molar-refractivity contribution >= 4 is 0 Å². The van der Waals surface area contributed by atoms with Crippen molar-refractivity contribution in [2.75, 3.05) is 136 Å². The van der Waals surface area contributed by atoms with Gasteiger partial charge in [-0.25, -0.2) is 0 Å². The molecule has 0 spiro atoms. The highest BCUT2D eigenvalue weighted by atomic mass is 16.5. The molecule has 0 aliphatic carbocycles. The first-order valence-corrected chi connectivity index (χ1v) is 36.5. The molecular formula is C99H153N5O15. The molecule has 5 aromatic carbocycles. The Hall–Kier alpha value is -6.30. The van der Waals surface area contributed by atoms with Crippen molar-refractivity contribution in [2.24, 2.45) is 57.2 Å². The summed E-state index contributed by atoms with van der Waals surface area (Å²) in [6, 6.07) is -18.3. The van der Waals surface area contributed by atoms with Crippen LogP contribution in [0.2, 0.25) is 0 Å². The van der Waals surface area contributed by atoms with Gasteiger partial charge < -0.3 is 72.9 Å². The molecule has 15 unspecified atom stereocenters. The quantitative estimate of drug-likeness (QED) is 0.0622. The van der Waals surface area contributed by atoms with E-state index in [2.05, 4.69) is 0 Å². The largest absolute Gasteiger partial charge is 0.493 e. The molecule has 664 valence electrons. The van der Waals surface area contributed by atoms with E-state index in [4.69, 9.17) is 171 Å². The van der Waals surface area contributed by atoms with Crippen LogP contribution in [0, 0.1) is 57.2 Å². The average molecular weight is 1740 g/mol. The second kappa shape index (κ2) is 39.7. The predicted octanol–water partition coefficient (Wildman–Crippen LogP) is 16.7. The normalized spacial score (nSPS) is 46.8. The van der Waals surface area contributed by atoms with Crippen LogP contribution in [0.3, 0.4) is 0 Å². The maximum Gasteiger partial charge on any atom is 0.161 e. The maximum atomic E-state index is 11.3. The number of ether oxygens (including phenoxy) is 10. The molecule has 0 bridgehead atoms. The number of piperidine rings is 5. The van der Waals surface area contributed by atoms with E-state index in [0.717, 1.165) is 28.4 Å². The molecule has 0 saturated carbocycles. The van der Waals surface area contributed by atoms with Crippen LogP contribution in [0.1, 0.15) is 370 Å². The number of methoxy groups -OCH3 is 10. The summed E-state index contributed by atoms with van der Waals surface area (Å²) in [4.78, 5) is 1.26. The minimum absolute atomic E-state index is 0.0535. The second-order valence-corrected chi connectivity index (χ2v) is 29.4. The van der Waals surface area contributed by atoms with Crippen LogP contribution in [-0.4, -0.2) is 216 Å². The fourth-order valence-electron chi connectivity index (χ4n) is 14.0. The lowest BCUT2D eigenvalue weighted by molar-refractivity contribution is -0.0259. The Balaban J connectivity index is 0.000000239. The molecule has 5 saturated heterocycles. The van der Waals surface area contributed by atoms with Gasteiger partial charge in [0.05, 0.1) is 140 Å². The zero-order valence-electron chi connectivity index (χ0n) is 156. The van der Waals surface area contributed by atoms with Gasteiger partial charge in [-0.15, -0.1) is 0 Å². The van der Waals surface area contributed by atoms with E-state index in [9.17, 15) is 25.5 Å². The first-order chi connectivity index (χ1) is 91.9. The summed E-state index contributed by atoms with van der Waals surface area (Å²) in [5.41, 5.74) is -20.5. The Labute approximate surface area is 841 Å². The number of benzene rings is 5. The summed E-state index contributed by atoms with van der Waals surface area (Å²) in [7, 11) is -15.6. The zero-order valence-corrected chi connectivity index (χ0v) is 65.5. The molecule has 20 heteroatoms. The number of hydrogen-bond donors (Lipinski definition) is 5. The van der Waals surface area contributed by atoms with E-state index >= 15 is 0 Å². The molecule has 5 aromatic rings. The van der Waals surface area contributed by atoms with E-state index in [1.54, 1.807) is 13.8 Å². The molecule has 10 aliphatic rings. The monoisotopic (exact) mass is 1740 g/mol. The minimum atomic E-state index is -3.71. The van der Waals surface area contributed by atoms with Gasteiger partial charge in [-0.2, -0.15) is 0 Å². The highest BCUT2D eigenvalue weighted by Gasteiger charge is 2.46. The number of rotatable bonds is 16. The predicted molar refractivity (Wildman–Crippen MR) is 474 cm³/mol. The van der Waals surface area contributed by atoms with Crippen molar-refractivity contribution in [1.29, 1.82) is 0 Å². The third-order valence-electron chi connectivity index (χ3n) is 19.2. The maximum absolute atomic E-state index is 11.3. The highest BCUT2D eigenvalue weighted by Crippen LogP contribution is 2.52. The van der Waals surface area contributed by atoms with E-state index < -0.39 is 519 Å². The highest BCUT2D eigenvalue weighted by molar-refractivity contribution is 5.54. The molecule has 15 rings (SSSR count). The lowest BCUT2D eigenvalue weighted by atomic mass is 9.75. The molecule has 20 nitrogen and oxygen atoms in total. The summed E-state index contributed by atoms with van der Waals surface area (Å²) >= 11 is 0. The fraction of sp³-hybridized carbons (Fsp3) is 0.697. The topological polar surface area (TPSA) is 210 Å². The van der Waals surface area contributed by atoms with Crippen LogP contribution in [0.25, 0.3) is 0 Å². The van der Waals surface area contributed by atoms with E-state index in [-0.39, 0.29) is 49.9 Å².